The molecule has 0 saturated heterocycles. The largest absolute Gasteiger partial charge is 1.00 e. The number of hydrogen-bond acceptors (Lipinski definition) is 2. The molecule has 0 bridgehead atoms. The number of halogens is 1. The highest BCUT2D eigenvalue weighted by Crippen LogP contribution is 2.22. The van der Waals surface area contributed by atoms with E-state index in [0.29, 0.717) is 19.3 Å². The molecule has 0 heterocycles. The van der Waals surface area contributed by atoms with Gasteiger partial charge in [0.2, 0.25) is 0 Å². The first kappa shape index (κ1) is 24.2. The Morgan fingerprint density at radius 2 is 1.40 bits per heavy atom. The summed E-state index contributed by atoms with van der Waals surface area (Å²) in [5, 5.41) is 0. The zero-order chi connectivity index (χ0) is 18.0. The third-order valence-electron chi connectivity index (χ3n) is 4.53. The standard InChI is InChI=1S/C21H38NO2.ClH/c1-18(2)16-20(17-19(3)4)22(5,6)12-13-23-14-15-24-21-10-8-7-9-11-21;/h7-11,18-20H,12-17H2,1-6H3;1H/q+1;/p-1. The van der Waals surface area contributed by atoms with Gasteiger partial charge < -0.3 is 26.4 Å². The second-order valence-electron chi connectivity index (χ2n) is 8.19. The van der Waals surface area contributed by atoms with Gasteiger partial charge in [-0.2, -0.15) is 0 Å². The summed E-state index contributed by atoms with van der Waals surface area (Å²) >= 11 is 0. The predicted molar refractivity (Wildman–Crippen MR) is 102 cm³/mol. The summed E-state index contributed by atoms with van der Waals surface area (Å²) in [4.78, 5) is 0. The molecule has 1 rings (SSSR count). The van der Waals surface area contributed by atoms with E-state index in [-0.39, 0.29) is 12.4 Å². The molecule has 0 spiro atoms. The maximum atomic E-state index is 5.81. The van der Waals surface area contributed by atoms with Gasteiger partial charge in [0.15, 0.2) is 0 Å². The average molecular weight is 372 g/mol. The first-order chi connectivity index (χ1) is 11.3. The monoisotopic (exact) mass is 371 g/mol. The lowest BCUT2D eigenvalue weighted by Crippen LogP contribution is -3.00. The fourth-order valence-corrected chi connectivity index (χ4v) is 3.07. The number of ether oxygens (including phenoxy) is 2. The van der Waals surface area contributed by atoms with Gasteiger partial charge >= 0.3 is 0 Å². The van der Waals surface area contributed by atoms with Crippen LogP contribution in [0.3, 0.4) is 0 Å². The van der Waals surface area contributed by atoms with Crippen LogP contribution in [0, 0.1) is 11.8 Å². The van der Waals surface area contributed by atoms with Crippen LogP contribution >= 0.6 is 0 Å². The highest BCUT2D eigenvalue weighted by Gasteiger charge is 2.29. The molecule has 1 aromatic rings. The van der Waals surface area contributed by atoms with E-state index < -0.39 is 0 Å². The smallest absolute Gasteiger partial charge is 0.119 e. The van der Waals surface area contributed by atoms with Crippen molar-refractivity contribution in [1.82, 2.24) is 0 Å². The summed E-state index contributed by atoms with van der Waals surface area (Å²) in [6.45, 7) is 12.4. The van der Waals surface area contributed by atoms with E-state index in [1.165, 1.54) is 12.8 Å². The van der Waals surface area contributed by atoms with Crippen LogP contribution in [-0.4, -0.2) is 51.0 Å². The molecule has 0 radical (unpaired) electrons. The van der Waals surface area contributed by atoms with Crippen molar-refractivity contribution in [3.8, 4) is 5.75 Å². The number of rotatable bonds is 12. The molecular formula is C21H38ClNO2. The Morgan fingerprint density at radius 3 is 1.92 bits per heavy atom. The van der Waals surface area contributed by atoms with E-state index in [0.717, 1.165) is 35.2 Å². The number of quaternary nitrogens is 1. The maximum absolute atomic E-state index is 5.81. The maximum Gasteiger partial charge on any atom is 0.119 e. The van der Waals surface area contributed by atoms with Gasteiger partial charge in [-0.25, -0.2) is 0 Å². The number of likely N-dealkylation sites (N-methyl/N-ethyl adjacent to an activating group) is 1. The van der Waals surface area contributed by atoms with Crippen molar-refractivity contribution in [3.63, 3.8) is 0 Å². The van der Waals surface area contributed by atoms with Gasteiger partial charge in [0.1, 0.15) is 18.9 Å². The zero-order valence-electron chi connectivity index (χ0n) is 17.0. The minimum Gasteiger partial charge on any atom is -1.00 e. The lowest BCUT2D eigenvalue weighted by molar-refractivity contribution is -0.916. The number of hydrogen-bond donors (Lipinski definition) is 0. The second kappa shape index (κ2) is 12.6. The molecule has 0 atom stereocenters. The molecule has 0 aliphatic carbocycles. The van der Waals surface area contributed by atoms with E-state index in [1.807, 2.05) is 30.3 Å². The third kappa shape index (κ3) is 10.7. The molecule has 0 aliphatic rings. The van der Waals surface area contributed by atoms with E-state index in [4.69, 9.17) is 9.47 Å². The molecule has 0 amide bonds. The highest BCUT2D eigenvalue weighted by molar-refractivity contribution is 5.20. The molecule has 0 aliphatic heterocycles. The molecule has 0 N–H and O–H groups in total. The van der Waals surface area contributed by atoms with E-state index >= 15 is 0 Å². The quantitative estimate of drug-likeness (QED) is 0.410. The van der Waals surface area contributed by atoms with Crippen molar-refractivity contribution in [2.24, 2.45) is 11.8 Å². The summed E-state index contributed by atoms with van der Waals surface area (Å²) in [7, 11) is 4.69. The van der Waals surface area contributed by atoms with Crippen LogP contribution in [0.15, 0.2) is 30.3 Å². The van der Waals surface area contributed by atoms with Gasteiger partial charge in [-0.1, -0.05) is 45.9 Å². The number of nitrogens with zero attached hydrogens (tertiary/aromatic N) is 1. The van der Waals surface area contributed by atoms with Crippen LogP contribution in [0.4, 0.5) is 0 Å². The highest BCUT2D eigenvalue weighted by atomic mass is 35.5. The number of para-hydroxylation sites is 1. The molecule has 4 heteroatoms. The van der Waals surface area contributed by atoms with Gasteiger partial charge in [0.05, 0.1) is 33.4 Å². The molecule has 3 nitrogen and oxygen atoms in total. The number of benzene rings is 1. The molecule has 0 aromatic heterocycles. The Labute approximate surface area is 161 Å². The van der Waals surface area contributed by atoms with Crippen molar-refractivity contribution in [1.29, 1.82) is 0 Å². The molecule has 1 aromatic carbocycles. The van der Waals surface area contributed by atoms with Gasteiger partial charge in [0, 0.05) is 12.8 Å². The summed E-state index contributed by atoms with van der Waals surface area (Å²) < 4.78 is 12.5. The molecular weight excluding hydrogens is 334 g/mol. The van der Waals surface area contributed by atoms with Crippen LogP contribution in [0.5, 0.6) is 5.75 Å². The fourth-order valence-electron chi connectivity index (χ4n) is 3.07. The SMILES string of the molecule is CC(C)CC(CC(C)C)[N+](C)(C)CCOCCOc1ccccc1.[Cl-]. The summed E-state index contributed by atoms with van der Waals surface area (Å²) in [5.74, 6) is 2.39. The first-order valence-electron chi connectivity index (χ1n) is 9.39. The van der Waals surface area contributed by atoms with E-state index in [9.17, 15) is 0 Å². The predicted octanol–water partition coefficient (Wildman–Crippen LogP) is 1.62. The third-order valence-corrected chi connectivity index (χ3v) is 4.53. The van der Waals surface area contributed by atoms with E-state index in [1.54, 1.807) is 0 Å². The molecule has 146 valence electrons. The second-order valence-corrected chi connectivity index (χ2v) is 8.19. The fraction of sp³-hybridized carbons (Fsp3) is 0.714. The van der Waals surface area contributed by atoms with Gasteiger partial charge in [-0.05, 0) is 24.0 Å². The Hall–Kier alpha value is -0.770. The lowest BCUT2D eigenvalue weighted by Gasteiger charge is -2.40. The minimum atomic E-state index is 0. The summed E-state index contributed by atoms with van der Waals surface area (Å²) in [5.41, 5.74) is 0. The Morgan fingerprint density at radius 1 is 0.840 bits per heavy atom. The topological polar surface area (TPSA) is 18.5 Å². The molecule has 0 unspecified atom stereocenters. The van der Waals surface area contributed by atoms with Gasteiger partial charge in [0.25, 0.3) is 0 Å². The molecule has 0 fully saturated rings. The Kier molecular flexibility index (Phi) is 12.2. The normalized spacial score (nSPS) is 11.9. The van der Waals surface area contributed by atoms with Crippen molar-refractivity contribution >= 4 is 0 Å². The lowest BCUT2D eigenvalue weighted by atomic mass is 9.93. The van der Waals surface area contributed by atoms with Gasteiger partial charge in [-0.3, -0.25) is 0 Å². The van der Waals surface area contributed by atoms with Crippen molar-refractivity contribution in [2.45, 2.75) is 46.6 Å². The molecule has 25 heavy (non-hydrogen) atoms. The zero-order valence-corrected chi connectivity index (χ0v) is 17.8. The average Bonchev–Trinajstić information content (AvgIpc) is 2.50. The Bertz CT molecular complexity index is 425. The van der Waals surface area contributed by atoms with E-state index in [2.05, 4.69) is 41.8 Å². The van der Waals surface area contributed by atoms with Crippen LogP contribution in [0.2, 0.25) is 0 Å². The van der Waals surface area contributed by atoms with Crippen molar-refractivity contribution in [2.75, 3.05) is 40.5 Å². The Balaban J connectivity index is 0.00000576. The summed E-state index contributed by atoms with van der Waals surface area (Å²) in [6.07, 6.45) is 2.56. The van der Waals surface area contributed by atoms with Crippen molar-refractivity contribution in [3.05, 3.63) is 30.3 Å². The van der Waals surface area contributed by atoms with Crippen LogP contribution in [0.25, 0.3) is 0 Å². The first-order valence-corrected chi connectivity index (χ1v) is 9.39. The summed E-state index contributed by atoms with van der Waals surface area (Å²) in [6, 6.07) is 10.6. The minimum absolute atomic E-state index is 0. The van der Waals surface area contributed by atoms with Crippen molar-refractivity contribution < 1.29 is 26.4 Å². The van der Waals surface area contributed by atoms with Crippen LogP contribution < -0.4 is 17.1 Å². The van der Waals surface area contributed by atoms with Crippen LogP contribution in [0.1, 0.15) is 40.5 Å². The van der Waals surface area contributed by atoms with Gasteiger partial charge in [-0.15, -0.1) is 0 Å². The van der Waals surface area contributed by atoms with Crippen LogP contribution in [-0.2, 0) is 4.74 Å². The molecule has 0 saturated carbocycles.